The lowest BCUT2D eigenvalue weighted by Gasteiger charge is -2.19. The molecule has 0 bridgehead atoms. The fourth-order valence-corrected chi connectivity index (χ4v) is 0.644. The second-order valence-corrected chi connectivity index (χ2v) is 1.70. The molecule has 1 aliphatic rings. The molecule has 0 aromatic rings. The van der Waals surface area contributed by atoms with Crippen molar-refractivity contribution >= 4 is 6.34 Å². The summed E-state index contributed by atoms with van der Waals surface area (Å²) in [6.45, 7) is 1.89. The Kier molecular flexibility index (Phi) is 1.82. The van der Waals surface area contributed by atoms with Gasteiger partial charge in [0.25, 0.3) is 0 Å². The van der Waals surface area contributed by atoms with Crippen LogP contribution >= 0.6 is 0 Å². The topological polar surface area (TPSA) is 53.6 Å². The minimum atomic E-state index is 0.929. The molecule has 4 nitrogen and oxygen atoms in total. The Morgan fingerprint density at radius 2 is 2.62 bits per heavy atom. The van der Waals surface area contributed by atoms with Gasteiger partial charge in [-0.05, 0) is 6.42 Å². The van der Waals surface area contributed by atoms with Gasteiger partial charge in [0.1, 0.15) is 6.34 Å². The molecule has 0 spiro atoms. The summed E-state index contributed by atoms with van der Waals surface area (Å²) in [4.78, 5) is 3.99. The average Bonchev–Trinajstić information content (AvgIpc) is 1.90. The number of nitrogens with one attached hydrogen (secondary N) is 1. The number of aliphatic imine (C=N–C) groups is 1. The van der Waals surface area contributed by atoms with Crippen LogP contribution in [0.15, 0.2) is 4.99 Å². The summed E-state index contributed by atoms with van der Waals surface area (Å²) < 4.78 is 0. The lowest BCUT2D eigenvalue weighted by atomic mass is 10.4. The first-order valence-corrected chi connectivity index (χ1v) is 2.66. The number of hydrazine groups is 2. The third kappa shape index (κ3) is 1.18. The van der Waals surface area contributed by atoms with Gasteiger partial charge in [-0.3, -0.25) is 15.8 Å². The van der Waals surface area contributed by atoms with Crippen LogP contribution in [0.3, 0.4) is 0 Å². The Bertz CT molecular complexity index is 90.0. The van der Waals surface area contributed by atoms with E-state index in [2.05, 4.69) is 10.5 Å². The molecule has 46 valence electrons. The Hall–Kier alpha value is -0.610. The van der Waals surface area contributed by atoms with Crippen LogP contribution in [0.2, 0.25) is 0 Å². The van der Waals surface area contributed by atoms with Gasteiger partial charge in [-0.15, -0.1) is 0 Å². The zero-order valence-corrected chi connectivity index (χ0v) is 4.67. The van der Waals surface area contributed by atoms with Gasteiger partial charge in [0.15, 0.2) is 0 Å². The van der Waals surface area contributed by atoms with E-state index >= 15 is 0 Å². The molecule has 0 aromatic heterocycles. The SMILES string of the molecule is NNN1C=NCCC1. The molecule has 0 aliphatic carbocycles. The first-order valence-electron chi connectivity index (χ1n) is 2.66. The Labute approximate surface area is 48.3 Å². The highest BCUT2D eigenvalue weighted by atomic mass is 15.6. The van der Waals surface area contributed by atoms with Crippen LogP contribution in [0, 0.1) is 0 Å². The zero-order chi connectivity index (χ0) is 5.82. The summed E-state index contributed by atoms with van der Waals surface area (Å²) in [5.41, 5.74) is 2.49. The standard InChI is InChI=1S/C4H10N4/c5-7-8-3-1-2-6-4-8/h4,7H,1-3,5H2. The molecule has 0 fully saturated rings. The van der Waals surface area contributed by atoms with Crippen molar-refractivity contribution in [3.63, 3.8) is 0 Å². The van der Waals surface area contributed by atoms with E-state index in [-0.39, 0.29) is 0 Å². The van der Waals surface area contributed by atoms with E-state index in [1.807, 2.05) is 0 Å². The molecule has 4 heteroatoms. The maximum absolute atomic E-state index is 5.09. The quantitative estimate of drug-likeness (QED) is 0.343. The molecule has 0 atom stereocenters. The van der Waals surface area contributed by atoms with Crippen molar-refractivity contribution in [1.29, 1.82) is 0 Å². The minimum Gasteiger partial charge on any atom is -0.285 e. The van der Waals surface area contributed by atoms with Crippen molar-refractivity contribution in [2.24, 2.45) is 10.8 Å². The molecule has 3 N–H and O–H groups in total. The van der Waals surface area contributed by atoms with Gasteiger partial charge in [0.05, 0.1) is 0 Å². The van der Waals surface area contributed by atoms with Crippen molar-refractivity contribution in [2.75, 3.05) is 13.1 Å². The fraction of sp³-hybridized carbons (Fsp3) is 0.750. The van der Waals surface area contributed by atoms with Crippen LogP contribution in [0.25, 0.3) is 0 Å². The highest BCUT2D eigenvalue weighted by molar-refractivity contribution is 5.54. The molecule has 8 heavy (non-hydrogen) atoms. The predicted octanol–water partition coefficient (Wildman–Crippen LogP) is -0.901. The van der Waals surface area contributed by atoms with Crippen LogP contribution in [-0.4, -0.2) is 24.4 Å². The average molecular weight is 114 g/mol. The second kappa shape index (κ2) is 2.64. The molecule has 0 aromatic carbocycles. The lowest BCUT2D eigenvalue weighted by molar-refractivity contribution is 0.308. The maximum Gasteiger partial charge on any atom is 0.100 e. The number of nitrogens with zero attached hydrogens (tertiary/aromatic N) is 2. The van der Waals surface area contributed by atoms with Crippen LogP contribution < -0.4 is 11.4 Å². The maximum atomic E-state index is 5.09. The van der Waals surface area contributed by atoms with E-state index in [1.54, 1.807) is 11.3 Å². The van der Waals surface area contributed by atoms with E-state index in [0.29, 0.717) is 0 Å². The Balaban J connectivity index is 2.32. The number of nitrogens with two attached hydrogens (primary N) is 1. The molecule has 0 saturated carbocycles. The predicted molar refractivity (Wildman–Crippen MR) is 32.0 cm³/mol. The zero-order valence-electron chi connectivity index (χ0n) is 4.67. The van der Waals surface area contributed by atoms with E-state index in [4.69, 9.17) is 5.84 Å². The van der Waals surface area contributed by atoms with Crippen LogP contribution in [0.1, 0.15) is 6.42 Å². The van der Waals surface area contributed by atoms with Crippen LogP contribution in [0.4, 0.5) is 0 Å². The summed E-state index contributed by atoms with van der Waals surface area (Å²) in [5, 5.41) is 1.75. The second-order valence-electron chi connectivity index (χ2n) is 1.70. The van der Waals surface area contributed by atoms with Gasteiger partial charge < -0.3 is 0 Å². The van der Waals surface area contributed by atoms with E-state index < -0.39 is 0 Å². The smallest absolute Gasteiger partial charge is 0.100 e. The molecule has 1 aliphatic heterocycles. The fourth-order valence-electron chi connectivity index (χ4n) is 0.644. The molecule has 1 heterocycles. The summed E-state index contributed by atoms with van der Waals surface area (Å²) in [6, 6.07) is 0. The van der Waals surface area contributed by atoms with Crippen LogP contribution in [-0.2, 0) is 0 Å². The monoisotopic (exact) mass is 114 g/mol. The summed E-state index contributed by atoms with van der Waals surface area (Å²) >= 11 is 0. The first kappa shape index (κ1) is 5.53. The summed E-state index contributed by atoms with van der Waals surface area (Å²) in [5.74, 6) is 5.09. The molecule has 0 amide bonds. The van der Waals surface area contributed by atoms with E-state index in [0.717, 1.165) is 19.5 Å². The van der Waals surface area contributed by atoms with E-state index in [1.165, 1.54) is 0 Å². The molecular formula is C4H10N4. The molecular weight excluding hydrogens is 104 g/mol. The first-order chi connectivity index (χ1) is 3.93. The number of rotatable bonds is 1. The molecule has 1 rings (SSSR count). The van der Waals surface area contributed by atoms with Gasteiger partial charge >= 0.3 is 0 Å². The third-order valence-electron chi connectivity index (χ3n) is 1.07. The Morgan fingerprint density at radius 1 is 1.75 bits per heavy atom. The van der Waals surface area contributed by atoms with Crippen molar-refractivity contribution < 1.29 is 0 Å². The van der Waals surface area contributed by atoms with Gasteiger partial charge in [-0.1, -0.05) is 0 Å². The van der Waals surface area contributed by atoms with Crippen molar-refractivity contribution in [3.05, 3.63) is 0 Å². The normalized spacial score (nSPS) is 19.4. The van der Waals surface area contributed by atoms with Gasteiger partial charge in [-0.25, -0.2) is 0 Å². The summed E-state index contributed by atoms with van der Waals surface area (Å²) in [7, 11) is 0. The number of hydrogen-bond acceptors (Lipinski definition) is 4. The minimum absolute atomic E-state index is 0.929. The lowest BCUT2D eigenvalue weighted by Crippen LogP contribution is -2.44. The van der Waals surface area contributed by atoms with Crippen LogP contribution in [0.5, 0.6) is 0 Å². The highest BCUT2D eigenvalue weighted by Gasteiger charge is 1.98. The third-order valence-corrected chi connectivity index (χ3v) is 1.07. The highest BCUT2D eigenvalue weighted by Crippen LogP contribution is 1.89. The van der Waals surface area contributed by atoms with Gasteiger partial charge in [0, 0.05) is 13.1 Å². The van der Waals surface area contributed by atoms with Crippen molar-refractivity contribution in [1.82, 2.24) is 10.5 Å². The largest absolute Gasteiger partial charge is 0.285 e. The van der Waals surface area contributed by atoms with E-state index in [9.17, 15) is 0 Å². The number of hydrogen-bond donors (Lipinski definition) is 2. The summed E-state index contributed by atoms with van der Waals surface area (Å²) in [6.07, 6.45) is 2.80. The van der Waals surface area contributed by atoms with Crippen molar-refractivity contribution in [3.8, 4) is 0 Å². The molecule has 0 radical (unpaired) electrons. The van der Waals surface area contributed by atoms with Gasteiger partial charge in [-0.2, -0.15) is 5.53 Å². The Morgan fingerprint density at radius 3 is 3.00 bits per heavy atom. The van der Waals surface area contributed by atoms with Gasteiger partial charge in [0.2, 0.25) is 0 Å². The molecule has 0 saturated heterocycles. The molecule has 0 unspecified atom stereocenters. The van der Waals surface area contributed by atoms with Crippen molar-refractivity contribution in [2.45, 2.75) is 6.42 Å².